The van der Waals surface area contributed by atoms with Crippen molar-refractivity contribution in [3.05, 3.63) is 46.8 Å². The van der Waals surface area contributed by atoms with Crippen molar-refractivity contribution < 1.29 is 9.53 Å². The number of amides is 1. The van der Waals surface area contributed by atoms with Gasteiger partial charge in [-0.15, -0.1) is 0 Å². The lowest BCUT2D eigenvalue weighted by Crippen LogP contribution is -2.31. The van der Waals surface area contributed by atoms with Gasteiger partial charge >= 0.3 is 0 Å². The number of aromatic nitrogens is 2. The van der Waals surface area contributed by atoms with Gasteiger partial charge in [-0.05, 0) is 32.9 Å². The van der Waals surface area contributed by atoms with Gasteiger partial charge in [0.05, 0.1) is 5.56 Å². The molecule has 0 fully saturated rings. The number of carbonyl (C=O) groups excluding carboxylic acids is 1. The predicted molar refractivity (Wildman–Crippen MR) is 75.2 cm³/mol. The number of hydrogen-bond donors (Lipinski definition) is 3. The standard InChI is InChI=1S/C14H18N4O2/c1-8-4-6-11(7-5-8)20-10(3)13-12(14(19)16-15)9(2)17-18-13/h4-7,10H,15H2,1-3H3,(H,16,19)(H,17,18). The molecule has 20 heavy (non-hydrogen) atoms. The maximum Gasteiger partial charge on any atom is 0.269 e. The normalized spacial score (nSPS) is 12.0. The van der Waals surface area contributed by atoms with Crippen LogP contribution in [-0.2, 0) is 0 Å². The van der Waals surface area contributed by atoms with Gasteiger partial charge in [0.15, 0.2) is 0 Å². The van der Waals surface area contributed by atoms with Gasteiger partial charge in [0.2, 0.25) is 0 Å². The minimum Gasteiger partial charge on any atom is -0.484 e. The summed E-state index contributed by atoms with van der Waals surface area (Å²) in [6.45, 7) is 5.61. The van der Waals surface area contributed by atoms with Crippen LogP contribution in [0.3, 0.4) is 0 Å². The maximum atomic E-state index is 11.8. The van der Waals surface area contributed by atoms with E-state index in [1.807, 2.05) is 38.1 Å². The van der Waals surface area contributed by atoms with Crippen LogP contribution < -0.4 is 16.0 Å². The summed E-state index contributed by atoms with van der Waals surface area (Å²) >= 11 is 0. The first-order valence-corrected chi connectivity index (χ1v) is 6.32. The Morgan fingerprint density at radius 2 is 2.00 bits per heavy atom. The van der Waals surface area contributed by atoms with E-state index in [4.69, 9.17) is 10.6 Å². The zero-order valence-corrected chi connectivity index (χ0v) is 11.7. The molecule has 4 N–H and O–H groups in total. The zero-order valence-electron chi connectivity index (χ0n) is 11.7. The first kappa shape index (κ1) is 14.1. The molecule has 0 spiro atoms. The van der Waals surface area contributed by atoms with Gasteiger partial charge in [0, 0.05) is 5.69 Å². The lowest BCUT2D eigenvalue weighted by molar-refractivity contribution is 0.0948. The third kappa shape index (κ3) is 2.80. The summed E-state index contributed by atoms with van der Waals surface area (Å²) in [6.07, 6.45) is -0.366. The van der Waals surface area contributed by atoms with E-state index in [2.05, 4.69) is 15.6 Å². The molecule has 6 heteroatoms. The Labute approximate surface area is 117 Å². The molecule has 1 heterocycles. The van der Waals surface area contributed by atoms with Gasteiger partial charge in [0.1, 0.15) is 17.5 Å². The molecule has 0 bridgehead atoms. The molecule has 0 aliphatic rings. The van der Waals surface area contributed by atoms with Crippen LogP contribution in [0.25, 0.3) is 0 Å². The van der Waals surface area contributed by atoms with E-state index >= 15 is 0 Å². The fourth-order valence-electron chi connectivity index (χ4n) is 1.98. The number of aromatic amines is 1. The van der Waals surface area contributed by atoms with E-state index in [1.54, 1.807) is 6.92 Å². The van der Waals surface area contributed by atoms with E-state index in [9.17, 15) is 4.79 Å². The lowest BCUT2D eigenvalue weighted by atomic mass is 10.1. The molecule has 2 rings (SSSR count). The van der Waals surface area contributed by atoms with E-state index in [0.717, 1.165) is 11.3 Å². The van der Waals surface area contributed by atoms with Gasteiger partial charge in [0.25, 0.3) is 5.91 Å². The third-order valence-corrected chi connectivity index (χ3v) is 3.05. The molecule has 1 aromatic heterocycles. The third-order valence-electron chi connectivity index (χ3n) is 3.05. The number of hydrazine groups is 1. The van der Waals surface area contributed by atoms with Crippen molar-refractivity contribution >= 4 is 5.91 Å². The summed E-state index contributed by atoms with van der Waals surface area (Å²) in [6, 6.07) is 7.69. The number of ether oxygens (including phenoxy) is 1. The van der Waals surface area contributed by atoms with Crippen molar-refractivity contribution in [3.8, 4) is 5.75 Å². The van der Waals surface area contributed by atoms with Crippen LogP contribution in [0, 0.1) is 13.8 Å². The number of nitrogens with zero attached hydrogens (tertiary/aromatic N) is 1. The Bertz CT molecular complexity index is 604. The van der Waals surface area contributed by atoms with Gasteiger partial charge in [-0.2, -0.15) is 5.10 Å². The molecular weight excluding hydrogens is 256 g/mol. The number of nitrogens with two attached hydrogens (primary N) is 1. The molecule has 0 saturated heterocycles. The summed E-state index contributed by atoms with van der Waals surface area (Å²) in [5, 5.41) is 6.91. The SMILES string of the molecule is Cc1ccc(OC(C)c2n[nH]c(C)c2C(=O)NN)cc1. The van der Waals surface area contributed by atoms with Crippen LogP contribution in [0.15, 0.2) is 24.3 Å². The fraction of sp³-hybridized carbons (Fsp3) is 0.286. The number of carbonyl (C=O) groups is 1. The van der Waals surface area contributed by atoms with Gasteiger partial charge in [-0.3, -0.25) is 15.3 Å². The van der Waals surface area contributed by atoms with E-state index in [-0.39, 0.29) is 12.0 Å². The molecule has 106 valence electrons. The van der Waals surface area contributed by atoms with Crippen molar-refractivity contribution in [2.75, 3.05) is 0 Å². The molecule has 1 amide bonds. The van der Waals surface area contributed by atoms with E-state index < -0.39 is 0 Å². The molecule has 0 aliphatic heterocycles. The second-order valence-electron chi connectivity index (χ2n) is 4.66. The fourth-order valence-corrected chi connectivity index (χ4v) is 1.98. The first-order valence-electron chi connectivity index (χ1n) is 6.32. The maximum absolute atomic E-state index is 11.8. The Morgan fingerprint density at radius 3 is 2.60 bits per heavy atom. The van der Waals surface area contributed by atoms with E-state index in [1.165, 1.54) is 0 Å². The number of hydrogen-bond acceptors (Lipinski definition) is 4. The monoisotopic (exact) mass is 274 g/mol. The highest BCUT2D eigenvalue weighted by molar-refractivity contribution is 5.96. The van der Waals surface area contributed by atoms with Crippen molar-refractivity contribution in [2.24, 2.45) is 5.84 Å². The Kier molecular flexibility index (Phi) is 4.05. The molecule has 6 nitrogen and oxygen atoms in total. The van der Waals surface area contributed by atoms with Crippen LogP contribution in [0.4, 0.5) is 0 Å². The Morgan fingerprint density at radius 1 is 1.35 bits per heavy atom. The summed E-state index contributed by atoms with van der Waals surface area (Å²) in [5.74, 6) is 5.53. The number of nitrogens with one attached hydrogen (secondary N) is 2. The molecule has 1 unspecified atom stereocenters. The number of aryl methyl sites for hydroxylation is 2. The highest BCUT2D eigenvalue weighted by Gasteiger charge is 2.22. The van der Waals surface area contributed by atoms with Crippen molar-refractivity contribution in [2.45, 2.75) is 26.9 Å². The average Bonchev–Trinajstić information content (AvgIpc) is 2.82. The topological polar surface area (TPSA) is 93.0 Å². The predicted octanol–water partition coefficient (Wildman–Crippen LogP) is 1.77. The number of benzene rings is 1. The quantitative estimate of drug-likeness (QED) is 0.450. The van der Waals surface area contributed by atoms with Crippen LogP contribution in [0.1, 0.15) is 40.3 Å². The highest BCUT2D eigenvalue weighted by Crippen LogP contribution is 2.24. The van der Waals surface area contributed by atoms with Gasteiger partial charge < -0.3 is 4.74 Å². The van der Waals surface area contributed by atoms with Crippen LogP contribution >= 0.6 is 0 Å². The summed E-state index contributed by atoms with van der Waals surface area (Å²) in [5.41, 5.74) is 4.89. The minimum absolute atomic E-state index is 0.366. The summed E-state index contributed by atoms with van der Waals surface area (Å²) < 4.78 is 5.80. The summed E-state index contributed by atoms with van der Waals surface area (Å²) in [7, 11) is 0. The number of H-pyrrole nitrogens is 1. The highest BCUT2D eigenvalue weighted by atomic mass is 16.5. The zero-order chi connectivity index (χ0) is 14.7. The van der Waals surface area contributed by atoms with Gasteiger partial charge in [-0.25, -0.2) is 5.84 Å². The summed E-state index contributed by atoms with van der Waals surface area (Å²) in [4.78, 5) is 11.8. The van der Waals surface area contributed by atoms with Crippen LogP contribution in [0.5, 0.6) is 5.75 Å². The molecule has 1 atom stereocenters. The van der Waals surface area contributed by atoms with Gasteiger partial charge in [-0.1, -0.05) is 17.7 Å². The van der Waals surface area contributed by atoms with Crippen LogP contribution in [0.2, 0.25) is 0 Å². The molecule has 0 aliphatic carbocycles. The lowest BCUT2D eigenvalue weighted by Gasteiger charge is -2.14. The second kappa shape index (κ2) is 5.75. The molecule has 1 aromatic carbocycles. The molecule has 0 radical (unpaired) electrons. The minimum atomic E-state index is -0.384. The number of nitrogen functional groups attached to an aromatic ring is 1. The Hall–Kier alpha value is -2.34. The number of rotatable bonds is 4. The molecule has 2 aromatic rings. The van der Waals surface area contributed by atoms with Crippen LogP contribution in [-0.4, -0.2) is 16.1 Å². The van der Waals surface area contributed by atoms with Crippen molar-refractivity contribution in [1.82, 2.24) is 15.6 Å². The molecule has 0 saturated carbocycles. The van der Waals surface area contributed by atoms with Crippen molar-refractivity contribution in [3.63, 3.8) is 0 Å². The Balaban J connectivity index is 2.23. The van der Waals surface area contributed by atoms with Crippen molar-refractivity contribution in [1.29, 1.82) is 0 Å². The second-order valence-corrected chi connectivity index (χ2v) is 4.66. The molecular formula is C14H18N4O2. The van der Waals surface area contributed by atoms with E-state index in [0.29, 0.717) is 17.0 Å². The first-order chi connectivity index (χ1) is 9.52. The smallest absolute Gasteiger partial charge is 0.269 e. The average molecular weight is 274 g/mol. The largest absolute Gasteiger partial charge is 0.484 e.